The molecule has 3 N–H and O–H groups in total. The average Bonchev–Trinajstić information content (AvgIpc) is 2.28. The first-order valence-electron chi connectivity index (χ1n) is 4.77. The lowest BCUT2D eigenvalue weighted by Gasteiger charge is -2.05. The third-order valence-electron chi connectivity index (χ3n) is 2.23. The Bertz CT molecular complexity index is 513. The Kier molecular flexibility index (Phi) is 2.78. The molecule has 0 unspecified atom stereocenters. The number of aryl methyl sites for hydroxylation is 1. The second-order valence-electron chi connectivity index (χ2n) is 3.42. The number of nitrogen functional groups attached to an aromatic ring is 1. The van der Waals surface area contributed by atoms with Crippen LogP contribution in [0.1, 0.15) is 5.56 Å². The minimum Gasteiger partial charge on any atom is -0.307 e. The van der Waals surface area contributed by atoms with Crippen LogP contribution < -0.4 is 11.3 Å². The number of rotatable bonds is 2. The molecule has 0 saturated heterocycles. The molecule has 2 aromatic rings. The zero-order valence-electron chi connectivity index (χ0n) is 8.74. The predicted octanol–water partition coefficient (Wildman–Crippen LogP) is 1.88. The van der Waals surface area contributed by atoms with Gasteiger partial charge in [0.15, 0.2) is 5.82 Å². The van der Waals surface area contributed by atoms with E-state index in [9.17, 15) is 4.39 Å². The highest BCUT2D eigenvalue weighted by atomic mass is 19.1. The highest BCUT2D eigenvalue weighted by Gasteiger charge is 2.06. The molecule has 16 heavy (non-hydrogen) atoms. The largest absolute Gasteiger partial charge is 0.307 e. The second kappa shape index (κ2) is 4.24. The number of nitrogens with zero attached hydrogens (tertiary/aromatic N) is 2. The Balaban J connectivity index is 2.48. The molecule has 0 saturated carbocycles. The molecule has 2 rings (SSSR count). The Morgan fingerprint density at radius 2 is 2.06 bits per heavy atom. The minimum atomic E-state index is -0.292. The molecule has 1 heterocycles. The maximum atomic E-state index is 13.0. The molecular weight excluding hydrogens is 207 g/mol. The van der Waals surface area contributed by atoms with E-state index in [0.717, 1.165) is 5.56 Å². The lowest BCUT2D eigenvalue weighted by molar-refractivity contribution is 0.628. The molecule has 0 spiro atoms. The zero-order valence-corrected chi connectivity index (χ0v) is 8.74. The van der Waals surface area contributed by atoms with Crippen LogP contribution in [0.25, 0.3) is 11.3 Å². The minimum absolute atomic E-state index is 0.292. The highest BCUT2D eigenvalue weighted by Crippen LogP contribution is 2.21. The molecule has 5 heteroatoms. The van der Waals surface area contributed by atoms with Crippen LogP contribution in [0.3, 0.4) is 0 Å². The highest BCUT2D eigenvalue weighted by molar-refractivity contribution is 5.63. The van der Waals surface area contributed by atoms with Gasteiger partial charge in [0, 0.05) is 5.56 Å². The van der Waals surface area contributed by atoms with Gasteiger partial charge in [0.1, 0.15) is 5.82 Å². The topological polar surface area (TPSA) is 63.8 Å². The van der Waals surface area contributed by atoms with Crippen molar-refractivity contribution in [2.45, 2.75) is 6.92 Å². The van der Waals surface area contributed by atoms with Gasteiger partial charge in [-0.05, 0) is 30.7 Å². The van der Waals surface area contributed by atoms with E-state index in [0.29, 0.717) is 17.1 Å². The summed E-state index contributed by atoms with van der Waals surface area (Å²) in [5, 5.41) is 7.86. The van der Waals surface area contributed by atoms with Crippen molar-refractivity contribution in [1.82, 2.24) is 10.2 Å². The standard InChI is InChI=1S/C11H11FN4/c1-7-5-10(14-13)15-16-11(7)8-3-2-4-9(12)6-8/h2-6H,13H2,1H3,(H,14,15). The molecule has 0 aliphatic carbocycles. The first kappa shape index (κ1) is 10.5. The normalized spacial score (nSPS) is 10.2. The second-order valence-corrected chi connectivity index (χ2v) is 3.42. The van der Waals surface area contributed by atoms with Crippen molar-refractivity contribution in [3.8, 4) is 11.3 Å². The lowest BCUT2D eigenvalue weighted by Crippen LogP contribution is -2.09. The van der Waals surface area contributed by atoms with Crippen LogP contribution in [0.5, 0.6) is 0 Å². The molecule has 0 bridgehead atoms. The van der Waals surface area contributed by atoms with Gasteiger partial charge in [0.05, 0.1) is 5.69 Å². The van der Waals surface area contributed by atoms with Crippen molar-refractivity contribution in [2.75, 3.05) is 5.43 Å². The van der Waals surface area contributed by atoms with Crippen molar-refractivity contribution in [1.29, 1.82) is 0 Å². The third-order valence-corrected chi connectivity index (χ3v) is 2.23. The van der Waals surface area contributed by atoms with Crippen molar-refractivity contribution in [2.24, 2.45) is 5.84 Å². The summed E-state index contributed by atoms with van der Waals surface area (Å²) in [7, 11) is 0. The monoisotopic (exact) mass is 218 g/mol. The first-order chi connectivity index (χ1) is 7.70. The number of hydrogen-bond donors (Lipinski definition) is 2. The molecule has 0 atom stereocenters. The number of hydrazine groups is 1. The summed E-state index contributed by atoms with van der Waals surface area (Å²) in [6.07, 6.45) is 0. The average molecular weight is 218 g/mol. The maximum Gasteiger partial charge on any atom is 0.162 e. The number of nitrogens with two attached hydrogens (primary N) is 1. The number of benzene rings is 1. The molecule has 0 aliphatic heterocycles. The summed E-state index contributed by atoms with van der Waals surface area (Å²) in [6, 6.07) is 8.00. The summed E-state index contributed by atoms with van der Waals surface area (Å²) in [4.78, 5) is 0. The Morgan fingerprint density at radius 1 is 1.25 bits per heavy atom. The molecule has 1 aromatic carbocycles. The Labute approximate surface area is 92.3 Å². The Hall–Kier alpha value is -2.01. The third kappa shape index (κ3) is 1.99. The van der Waals surface area contributed by atoms with Crippen LogP contribution in [0, 0.1) is 12.7 Å². The van der Waals surface area contributed by atoms with Crippen LogP contribution in [0.4, 0.5) is 10.2 Å². The van der Waals surface area contributed by atoms with E-state index in [2.05, 4.69) is 15.6 Å². The van der Waals surface area contributed by atoms with Crippen molar-refractivity contribution in [3.63, 3.8) is 0 Å². The number of halogens is 1. The van der Waals surface area contributed by atoms with E-state index in [4.69, 9.17) is 5.84 Å². The van der Waals surface area contributed by atoms with Gasteiger partial charge in [-0.25, -0.2) is 10.2 Å². The van der Waals surface area contributed by atoms with Crippen LogP contribution in [-0.2, 0) is 0 Å². The van der Waals surface area contributed by atoms with Crippen molar-refractivity contribution >= 4 is 5.82 Å². The first-order valence-corrected chi connectivity index (χ1v) is 4.77. The van der Waals surface area contributed by atoms with Gasteiger partial charge in [-0.2, -0.15) is 0 Å². The fourth-order valence-electron chi connectivity index (χ4n) is 1.48. The van der Waals surface area contributed by atoms with Gasteiger partial charge in [0.2, 0.25) is 0 Å². The molecule has 4 nitrogen and oxygen atoms in total. The van der Waals surface area contributed by atoms with Crippen LogP contribution in [-0.4, -0.2) is 10.2 Å². The fourth-order valence-corrected chi connectivity index (χ4v) is 1.48. The van der Waals surface area contributed by atoms with Crippen LogP contribution in [0.2, 0.25) is 0 Å². The molecule has 82 valence electrons. The number of aromatic nitrogens is 2. The van der Waals surface area contributed by atoms with Gasteiger partial charge < -0.3 is 5.43 Å². The molecule has 1 aromatic heterocycles. The van der Waals surface area contributed by atoms with E-state index < -0.39 is 0 Å². The van der Waals surface area contributed by atoms with Gasteiger partial charge in [-0.15, -0.1) is 10.2 Å². The summed E-state index contributed by atoms with van der Waals surface area (Å²) in [5.74, 6) is 5.41. The summed E-state index contributed by atoms with van der Waals surface area (Å²) in [5.41, 5.74) is 4.65. The van der Waals surface area contributed by atoms with Gasteiger partial charge in [-0.1, -0.05) is 12.1 Å². The lowest BCUT2D eigenvalue weighted by atomic mass is 10.1. The predicted molar refractivity (Wildman–Crippen MR) is 60.0 cm³/mol. The van der Waals surface area contributed by atoms with E-state index in [1.807, 2.05) is 6.92 Å². The fraction of sp³-hybridized carbons (Fsp3) is 0.0909. The van der Waals surface area contributed by atoms with E-state index >= 15 is 0 Å². The SMILES string of the molecule is Cc1cc(NN)nnc1-c1cccc(F)c1. The maximum absolute atomic E-state index is 13.0. The van der Waals surface area contributed by atoms with Crippen molar-refractivity contribution < 1.29 is 4.39 Å². The quantitative estimate of drug-likeness (QED) is 0.596. The molecule has 0 fully saturated rings. The number of nitrogens with one attached hydrogen (secondary N) is 1. The van der Waals surface area contributed by atoms with Gasteiger partial charge in [0.25, 0.3) is 0 Å². The molecule has 0 radical (unpaired) electrons. The van der Waals surface area contributed by atoms with Crippen molar-refractivity contribution in [3.05, 3.63) is 41.7 Å². The molecular formula is C11H11FN4. The Morgan fingerprint density at radius 3 is 2.69 bits per heavy atom. The summed E-state index contributed by atoms with van der Waals surface area (Å²) >= 11 is 0. The zero-order chi connectivity index (χ0) is 11.5. The molecule has 0 aliphatic rings. The summed E-state index contributed by atoms with van der Waals surface area (Å²) < 4.78 is 13.0. The van der Waals surface area contributed by atoms with Gasteiger partial charge in [-0.3, -0.25) is 0 Å². The number of hydrogen-bond acceptors (Lipinski definition) is 4. The van der Waals surface area contributed by atoms with E-state index in [-0.39, 0.29) is 5.82 Å². The number of anilines is 1. The van der Waals surface area contributed by atoms with Crippen LogP contribution >= 0.6 is 0 Å². The molecule has 0 amide bonds. The van der Waals surface area contributed by atoms with E-state index in [1.54, 1.807) is 18.2 Å². The smallest absolute Gasteiger partial charge is 0.162 e. The van der Waals surface area contributed by atoms with Gasteiger partial charge >= 0.3 is 0 Å². The van der Waals surface area contributed by atoms with E-state index in [1.165, 1.54) is 12.1 Å². The van der Waals surface area contributed by atoms with Crippen LogP contribution in [0.15, 0.2) is 30.3 Å². The summed E-state index contributed by atoms with van der Waals surface area (Å²) in [6.45, 7) is 1.87.